The molecule has 0 saturated heterocycles. The van der Waals surface area contributed by atoms with Crippen molar-refractivity contribution in [2.45, 2.75) is 51.0 Å². The lowest BCUT2D eigenvalue weighted by Crippen LogP contribution is -2.31. The maximum absolute atomic E-state index is 12.4. The Kier molecular flexibility index (Phi) is 3.64. The summed E-state index contributed by atoms with van der Waals surface area (Å²) in [4.78, 5) is 21.9. The Morgan fingerprint density at radius 3 is 3.05 bits per heavy atom. The largest absolute Gasteiger partial charge is 0.370 e. The van der Waals surface area contributed by atoms with Crippen LogP contribution in [0.1, 0.15) is 37.6 Å². The number of nitrogens with zero attached hydrogens (tertiary/aromatic N) is 1. The van der Waals surface area contributed by atoms with Gasteiger partial charge in [0.2, 0.25) is 0 Å². The van der Waals surface area contributed by atoms with Crippen LogP contribution in [-0.4, -0.2) is 21.3 Å². The van der Waals surface area contributed by atoms with Crippen LogP contribution in [0.5, 0.6) is 0 Å². The monoisotopic (exact) mass is 310 g/mol. The van der Waals surface area contributed by atoms with Gasteiger partial charge in [0, 0.05) is 17.1 Å². The number of H-pyrrole nitrogens is 1. The van der Waals surface area contributed by atoms with Crippen LogP contribution in [-0.2, 0) is 17.8 Å². The number of thioether (sulfide) groups is 1. The molecule has 2 aromatic rings. The summed E-state index contributed by atoms with van der Waals surface area (Å²) in [6, 6.07) is 0. The maximum Gasteiger partial charge on any atom is 0.260 e. The van der Waals surface area contributed by atoms with Gasteiger partial charge in [-0.05, 0) is 25.8 Å². The molecule has 108 valence electrons. The number of hydrogen-bond donors (Lipinski definition) is 1. The number of aromatic amines is 1. The molecule has 1 N–H and O–H groups in total. The van der Waals surface area contributed by atoms with Crippen molar-refractivity contribution in [3.63, 3.8) is 0 Å². The van der Waals surface area contributed by atoms with E-state index in [4.69, 9.17) is 4.74 Å². The van der Waals surface area contributed by atoms with Gasteiger partial charge in [0.05, 0.1) is 17.6 Å². The number of rotatable bonds is 3. The molecular formula is C14H18N2O2S2. The van der Waals surface area contributed by atoms with Crippen molar-refractivity contribution >= 4 is 33.3 Å². The molecule has 0 bridgehead atoms. The van der Waals surface area contributed by atoms with Crippen molar-refractivity contribution in [1.82, 2.24) is 9.97 Å². The van der Waals surface area contributed by atoms with E-state index in [9.17, 15) is 4.79 Å². The molecule has 4 nitrogen and oxygen atoms in total. The summed E-state index contributed by atoms with van der Waals surface area (Å²) < 4.78 is 5.82. The molecule has 0 aliphatic carbocycles. The lowest BCUT2D eigenvalue weighted by Gasteiger charge is -2.29. The first kappa shape index (κ1) is 14.1. The van der Waals surface area contributed by atoms with Crippen LogP contribution in [0.4, 0.5) is 0 Å². The first-order chi connectivity index (χ1) is 9.50. The number of thiophene rings is 1. The van der Waals surface area contributed by atoms with Gasteiger partial charge in [-0.1, -0.05) is 18.7 Å². The molecule has 0 unspecified atom stereocenters. The number of fused-ring (bicyclic) bond motifs is 3. The zero-order valence-electron chi connectivity index (χ0n) is 11.9. The van der Waals surface area contributed by atoms with Gasteiger partial charge in [0.1, 0.15) is 4.83 Å². The van der Waals surface area contributed by atoms with Crippen molar-refractivity contribution in [1.29, 1.82) is 0 Å². The smallest absolute Gasteiger partial charge is 0.260 e. The van der Waals surface area contributed by atoms with Crippen molar-refractivity contribution in [2.24, 2.45) is 0 Å². The highest BCUT2D eigenvalue weighted by Crippen LogP contribution is 2.37. The van der Waals surface area contributed by atoms with Crippen LogP contribution in [0.2, 0.25) is 0 Å². The Balaban J connectivity index is 2.10. The highest BCUT2D eigenvalue weighted by atomic mass is 32.2. The van der Waals surface area contributed by atoms with E-state index in [-0.39, 0.29) is 11.2 Å². The second-order valence-electron chi connectivity index (χ2n) is 5.63. The fraction of sp³-hybridized carbons (Fsp3) is 0.571. The van der Waals surface area contributed by atoms with Crippen molar-refractivity contribution in [3.05, 3.63) is 20.8 Å². The van der Waals surface area contributed by atoms with E-state index in [2.05, 4.69) is 30.7 Å². The van der Waals surface area contributed by atoms with Crippen molar-refractivity contribution in [3.8, 4) is 0 Å². The number of nitrogens with one attached hydrogen (secondary N) is 1. The molecule has 20 heavy (non-hydrogen) atoms. The van der Waals surface area contributed by atoms with E-state index in [0.717, 1.165) is 44.4 Å². The van der Waals surface area contributed by atoms with Gasteiger partial charge in [-0.15, -0.1) is 11.3 Å². The molecule has 1 aliphatic heterocycles. The van der Waals surface area contributed by atoms with Crippen LogP contribution in [0.15, 0.2) is 9.95 Å². The SMILES string of the molecule is CCCSc1nc2sc3c(c2c(=O)[nH]1)CC(C)(C)OC3. The van der Waals surface area contributed by atoms with Crippen LogP contribution in [0.25, 0.3) is 10.2 Å². The fourth-order valence-corrected chi connectivity index (χ4v) is 4.28. The summed E-state index contributed by atoms with van der Waals surface area (Å²) >= 11 is 3.20. The number of aromatic nitrogens is 2. The van der Waals surface area contributed by atoms with E-state index in [1.807, 2.05) is 0 Å². The summed E-state index contributed by atoms with van der Waals surface area (Å²) in [6.45, 7) is 6.83. The average Bonchev–Trinajstić information content (AvgIpc) is 2.73. The first-order valence-electron chi connectivity index (χ1n) is 6.81. The quantitative estimate of drug-likeness (QED) is 0.698. The zero-order valence-corrected chi connectivity index (χ0v) is 13.5. The molecule has 0 amide bonds. The predicted molar refractivity (Wildman–Crippen MR) is 83.8 cm³/mol. The third-order valence-electron chi connectivity index (χ3n) is 3.36. The third-order valence-corrected chi connectivity index (χ3v) is 5.54. The molecule has 6 heteroatoms. The Labute approximate surface area is 126 Å². The Bertz CT molecular complexity index is 703. The maximum atomic E-state index is 12.4. The van der Waals surface area contributed by atoms with Gasteiger partial charge in [0.25, 0.3) is 5.56 Å². The van der Waals surface area contributed by atoms with Crippen LogP contribution < -0.4 is 5.56 Å². The summed E-state index contributed by atoms with van der Waals surface area (Å²) in [7, 11) is 0. The van der Waals surface area contributed by atoms with Gasteiger partial charge in [-0.25, -0.2) is 4.98 Å². The number of ether oxygens (including phenoxy) is 1. The highest BCUT2D eigenvalue weighted by Gasteiger charge is 2.30. The van der Waals surface area contributed by atoms with Gasteiger partial charge in [-0.2, -0.15) is 0 Å². The van der Waals surface area contributed by atoms with Crippen LogP contribution in [0.3, 0.4) is 0 Å². The summed E-state index contributed by atoms with van der Waals surface area (Å²) in [6.07, 6.45) is 1.84. The molecule has 1 aliphatic rings. The Morgan fingerprint density at radius 1 is 1.50 bits per heavy atom. The van der Waals surface area contributed by atoms with Crippen molar-refractivity contribution in [2.75, 3.05) is 5.75 Å². The van der Waals surface area contributed by atoms with Gasteiger partial charge < -0.3 is 9.72 Å². The molecule has 3 heterocycles. The lowest BCUT2D eigenvalue weighted by atomic mass is 9.94. The molecule has 2 aromatic heterocycles. The Morgan fingerprint density at radius 2 is 2.30 bits per heavy atom. The zero-order chi connectivity index (χ0) is 14.3. The molecule has 0 saturated carbocycles. The highest BCUT2D eigenvalue weighted by molar-refractivity contribution is 7.99. The van der Waals surface area contributed by atoms with E-state index in [0.29, 0.717) is 6.61 Å². The van der Waals surface area contributed by atoms with E-state index < -0.39 is 0 Å². The topological polar surface area (TPSA) is 55.0 Å². The lowest BCUT2D eigenvalue weighted by molar-refractivity contribution is -0.0379. The fourth-order valence-electron chi connectivity index (χ4n) is 2.40. The molecule has 0 fully saturated rings. The minimum atomic E-state index is -0.205. The van der Waals surface area contributed by atoms with E-state index in [1.165, 1.54) is 0 Å². The minimum Gasteiger partial charge on any atom is -0.370 e. The van der Waals surface area contributed by atoms with Crippen LogP contribution in [0, 0.1) is 0 Å². The van der Waals surface area contributed by atoms with Gasteiger partial charge >= 0.3 is 0 Å². The minimum absolute atomic E-state index is 0.0104. The molecule has 3 rings (SSSR count). The second-order valence-corrected chi connectivity index (χ2v) is 7.80. The average molecular weight is 310 g/mol. The molecule has 0 aromatic carbocycles. The summed E-state index contributed by atoms with van der Waals surface area (Å²) in [5.74, 6) is 0.968. The third kappa shape index (κ3) is 2.52. The summed E-state index contributed by atoms with van der Waals surface area (Å²) in [5.41, 5.74) is 0.911. The molecular weight excluding hydrogens is 292 g/mol. The van der Waals surface area contributed by atoms with Gasteiger partial charge in [-0.3, -0.25) is 4.79 Å². The second kappa shape index (κ2) is 5.16. The van der Waals surface area contributed by atoms with E-state index in [1.54, 1.807) is 23.1 Å². The van der Waals surface area contributed by atoms with Crippen LogP contribution >= 0.6 is 23.1 Å². The molecule has 0 spiro atoms. The normalized spacial score (nSPS) is 17.4. The van der Waals surface area contributed by atoms with Crippen molar-refractivity contribution < 1.29 is 4.74 Å². The standard InChI is InChI=1S/C14H18N2O2S2/c1-4-5-19-13-15-11(17)10-8-6-14(2,3)18-7-9(8)20-12(10)16-13/h4-7H2,1-3H3,(H,15,16,17). The molecule has 0 radical (unpaired) electrons. The predicted octanol–water partition coefficient (Wildman–Crippen LogP) is 3.34. The first-order valence-corrected chi connectivity index (χ1v) is 8.62. The Hall–Kier alpha value is -0.850. The van der Waals surface area contributed by atoms with Gasteiger partial charge in [0.15, 0.2) is 5.16 Å². The summed E-state index contributed by atoms with van der Waals surface area (Å²) in [5, 5.41) is 1.49. The molecule has 0 atom stereocenters. The number of hydrogen-bond acceptors (Lipinski definition) is 5. The van der Waals surface area contributed by atoms with E-state index >= 15 is 0 Å².